The quantitative estimate of drug-likeness (QED) is 0.130. The van der Waals surface area contributed by atoms with Gasteiger partial charge in [0.25, 0.3) is 0 Å². The van der Waals surface area contributed by atoms with Gasteiger partial charge in [-0.3, -0.25) is 0 Å². The van der Waals surface area contributed by atoms with Crippen molar-refractivity contribution in [2.45, 2.75) is 22.6 Å². The van der Waals surface area contributed by atoms with Crippen molar-refractivity contribution in [3.05, 3.63) is 25.3 Å². The SMILES string of the molecule is C=CCC(SSSSC(CC=C)[Si](OC)(OC)OC)[Si](OC)(OC)OC. The minimum absolute atomic E-state index is 0.0465. The van der Waals surface area contributed by atoms with Gasteiger partial charge in [0, 0.05) is 42.7 Å². The van der Waals surface area contributed by atoms with E-state index < -0.39 is 17.6 Å². The molecule has 0 aromatic rings. The van der Waals surface area contributed by atoms with Gasteiger partial charge in [0.05, 0.1) is 9.75 Å². The van der Waals surface area contributed by atoms with Crippen LogP contribution in [0.5, 0.6) is 0 Å². The highest BCUT2D eigenvalue weighted by Gasteiger charge is 2.49. The van der Waals surface area contributed by atoms with Crippen LogP contribution in [0.2, 0.25) is 0 Å². The number of rotatable bonds is 17. The molecule has 0 aliphatic carbocycles. The second kappa shape index (κ2) is 15.0. The van der Waals surface area contributed by atoms with E-state index in [0.29, 0.717) is 0 Å². The van der Waals surface area contributed by atoms with Crippen molar-refractivity contribution >= 4 is 58.8 Å². The Kier molecular flexibility index (Phi) is 15.6. The van der Waals surface area contributed by atoms with Crippen LogP contribution < -0.4 is 0 Å². The Morgan fingerprint density at radius 1 is 0.654 bits per heavy atom. The first-order chi connectivity index (χ1) is 12.5. The van der Waals surface area contributed by atoms with Crippen LogP contribution in [0.3, 0.4) is 0 Å². The predicted molar refractivity (Wildman–Crippen MR) is 121 cm³/mol. The fourth-order valence-corrected chi connectivity index (χ4v) is 18.5. The van der Waals surface area contributed by atoms with Gasteiger partial charge in [-0.1, -0.05) is 33.7 Å². The maximum absolute atomic E-state index is 5.60. The Labute approximate surface area is 175 Å². The molecular formula is C14H30O6S4Si2. The molecular weight excluding hydrogens is 449 g/mol. The van der Waals surface area contributed by atoms with Crippen LogP contribution in [0.1, 0.15) is 12.8 Å². The van der Waals surface area contributed by atoms with Crippen molar-refractivity contribution < 1.29 is 26.6 Å². The third kappa shape index (κ3) is 7.48. The van der Waals surface area contributed by atoms with Gasteiger partial charge in [0.15, 0.2) is 0 Å². The molecule has 0 aliphatic rings. The minimum Gasteiger partial charge on any atom is -0.376 e. The molecule has 0 aliphatic heterocycles. The summed E-state index contributed by atoms with van der Waals surface area (Å²) in [6, 6.07) is 0. The molecule has 0 fully saturated rings. The zero-order valence-corrected chi connectivity index (χ0v) is 21.5. The van der Waals surface area contributed by atoms with Crippen molar-refractivity contribution in [3.63, 3.8) is 0 Å². The predicted octanol–water partition coefficient (Wildman–Crippen LogP) is 4.39. The van der Waals surface area contributed by atoms with E-state index in [1.54, 1.807) is 83.9 Å². The topological polar surface area (TPSA) is 55.4 Å². The lowest BCUT2D eigenvalue weighted by Crippen LogP contribution is -2.52. The van der Waals surface area contributed by atoms with Crippen LogP contribution in [0.25, 0.3) is 0 Å². The lowest BCUT2D eigenvalue weighted by atomic mass is 10.5. The summed E-state index contributed by atoms with van der Waals surface area (Å²) in [5, 5.41) is 0. The molecule has 0 radical (unpaired) electrons. The van der Waals surface area contributed by atoms with E-state index in [9.17, 15) is 0 Å². The number of hydrogen-bond donors (Lipinski definition) is 0. The molecule has 0 heterocycles. The molecule has 154 valence electrons. The molecule has 0 saturated carbocycles. The minimum atomic E-state index is -2.75. The Morgan fingerprint density at radius 2 is 0.923 bits per heavy atom. The Morgan fingerprint density at radius 3 is 1.12 bits per heavy atom. The van der Waals surface area contributed by atoms with E-state index >= 15 is 0 Å². The maximum atomic E-state index is 5.60. The number of hydrogen-bond acceptors (Lipinski definition) is 10. The molecule has 2 unspecified atom stereocenters. The highest BCUT2D eigenvalue weighted by atomic mass is 33.7. The summed E-state index contributed by atoms with van der Waals surface area (Å²) in [4.78, 5) is 0.0930. The zero-order chi connectivity index (χ0) is 20.1. The smallest absolute Gasteiger partial charge is 0.376 e. The van der Waals surface area contributed by atoms with E-state index in [1.807, 2.05) is 12.2 Å². The standard InChI is InChI=1S/C14H30O6S4Si2/c1-9-11-13(25(15-3,16-4)17-5)21-23-24-22-14(12-10-2)26(18-6,19-7)20-8/h9-10,13-14H,1-2,11-12H2,3-8H3. The Hall–Kier alpha value is 1.07. The molecule has 26 heavy (non-hydrogen) atoms. The van der Waals surface area contributed by atoms with E-state index in [1.165, 1.54) is 0 Å². The van der Waals surface area contributed by atoms with Crippen molar-refractivity contribution in [3.8, 4) is 0 Å². The summed E-state index contributed by atoms with van der Waals surface area (Å²) < 4.78 is 33.6. The summed E-state index contributed by atoms with van der Waals surface area (Å²) in [5.74, 6) is 0. The van der Waals surface area contributed by atoms with E-state index in [-0.39, 0.29) is 9.75 Å². The first-order valence-electron chi connectivity index (χ1n) is 7.67. The van der Waals surface area contributed by atoms with Gasteiger partial charge < -0.3 is 26.6 Å². The second-order valence-corrected chi connectivity index (χ2v) is 18.1. The summed E-state index contributed by atoms with van der Waals surface area (Å²) >= 11 is 0. The Balaban J connectivity index is 4.87. The van der Waals surface area contributed by atoms with Crippen LogP contribution in [-0.2, 0) is 26.6 Å². The van der Waals surface area contributed by atoms with Crippen LogP contribution in [0.15, 0.2) is 25.3 Å². The second-order valence-electron chi connectivity index (χ2n) is 4.79. The van der Waals surface area contributed by atoms with Gasteiger partial charge in [0.2, 0.25) is 0 Å². The zero-order valence-electron chi connectivity index (χ0n) is 16.2. The molecule has 0 bridgehead atoms. The first kappa shape index (κ1) is 27.1. The van der Waals surface area contributed by atoms with Crippen molar-refractivity contribution in [2.75, 3.05) is 42.7 Å². The average molecular weight is 479 g/mol. The van der Waals surface area contributed by atoms with Crippen LogP contribution in [0.4, 0.5) is 0 Å². The molecule has 6 nitrogen and oxygen atoms in total. The van der Waals surface area contributed by atoms with E-state index in [0.717, 1.165) is 12.8 Å². The van der Waals surface area contributed by atoms with Crippen molar-refractivity contribution in [1.29, 1.82) is 0 Å². The average Bonchev–Trinajstić information content (AvgIpc) is 2.68. The largest absolute Gasteiger partial charge is 0.515 e. The monoisotopic (exact) mass is 478 g/mol. The van der Waals surface area contributed by atoms with Crippen molar-refractivity contribution in [1.82, 2.24) is 0 Å². The van der Waals surface area contributed by atoms with Crippen LogP contribution in [-0.4, -0.2) is 70.0 Å². The summed E-state index contributed by atoms with van der Waals surface area (Å²) in [6.45, 7) is 7.66. The fourth-order valence-electron chi connectivity index (χ4n) is 2.20. The van der Waals surface area contributed by atoms with Crippen LogP contribution >= 0.6 is 41.2 Å². The molecule has 0 aromatic carbocycles. The van der Waals surface area contributed by atoms with Gasteiger partial charge in [-0.15, -0.1) is 13.2 Å². The lowest BCUT2D eigenvalue weighted by Gasteiger charge is -2.32. The highest BCUT2D eigenvalue weighted by Crippen LogP contribution is 2.50. The molecule has 0 aromatic heterocycles. The molecule has 2 atom stereocenters. The summed E-state index contributed by atoms with van der Waals surface area (Å²) in [5.41, 5.74) is 0. The molecule has 0 spiro atoms. The third-order valence-electron chi connectivity index (χ3n) is 3.60. The van der Waals surface area contributed by atoms with E-state index in [2.05, 4.69) is 13.2 Å². The molecule has 0 amide bonds. The van der Waals surface area contributed by atoms with Crippen LogP contribution in [0, 0.1) is 0 Å². The lowest BCUT2D eigenvalue weighted by molar-refractivity contribution is 0.121. The first-order valence-corrected chi connectivity index (χ1v) is 16.2. The fraction of sp³-hybridized carbons (Fsp3) is 0.714. The Bertz CT molecular complexity index is 347. The summed E-state index contributed by atoms with van der Waals surface area (Å²) in [6.07, 6.45) is 5.17. The van der Waals surface area contributed by atoms with Gasteiger partial charge >= 0.3 is 17.6 Å². The van der Waals surface area contributed by atoms with Gasteiger partial charge in [-0.2, -0.15) is 0 Å². The molecule has 12 heteroatoms. The molecule has 0 saturated heterocycles. The molecule has 0 rings (SSSR count). The number of allylic oxidation sites excluding steroid dienone is 2. The van der Waals surface area contributed by atoms with Gasteiger partial charge in [0.1, 0.15) is 0 Å². The van der Waals surface area contributed by atoms with Crippen molar-refractivity contribution in [2.24, 2.45) is 0 Å². The third-order valence-corrected chi connectivity index (χ3v) is 19.0. The summed E-state index contributed by atoms with van der Waals surface area (Å²) in [7, 11) is 10.8. The van der Waals surface area contributed by atoms with Gasteiger partial charge in [-0.25, -0.2) is 0 Å². The maximum Gasteiger partial charge on any atom is 0.515 e. The highest BCUT2D eigenvalue weighted by molar-refractivity contribution is 9.26. The normalized spacial score (nSPS) is 14.8. The molecule has 0 N–H and O–H groups in total. The van der Waals surface area contributed by atoms with E-state index in [4.69, 9.17) is 26.6 Å². The van der Waals surface area contributed by atoms with Gasteiger partial charge in [-0.05, 0) is 32.5 Å².